The van der Waals surface area contributed by atoms with Crippen molar-refractivity contribution in [2.24, 2.45) is 11.8 Å². The molecule has 3 amide bonds. The number of halogens is 4. The molecule has 5 nitrogen and oxygen atoms in total. The summed E-state index contributed by atoms with van der Waals surface area (Å²) in [6, 6.07) is 3.06. The number of imide groups is 1. The lowest BCUT2D eigenvalue weighted by Gasteiger charge is -2.19. The van der Waals surface area contributed by atoms with E-state index < -0.39 is 22.7 Å². The fraction of sp³-hybridized carbons (Fsp3) is 0.500. The van der Waals surface area contributed by atoms with Crippen LogP contribution >= 0.6 is 11.6 Å². The number of likely N-dealkylation sites (tertiary alicyclic amines) is 1. The molecule has 27 heavy (non-hydrogen) atoms. The van der Waals surface area contributed by atoms with E-state index in [-0.39, 0.29) is 42.3 Å². The van der Waals surface area contributed by atoms with Crippen LogP contribution in [0.4, 0.5) is 18.9 Å². The van der Waals surface area contributed by atoms with E-state index in [1.165, 1.54) is 6.07 Å². The third-order valence-corrected chi connectivity index (χ3v) is 5.38. The van der Waals surface area contributed by atoms with Gasteiger partial charge in [-0.2, -0.15) is 13.2 Å². The van der Waals surface area contributed by atoms with Gasteiger partial charge in [0.1, 0.15) is 0 Å². The third-order valence-electron chi connectivity index (χ3n) is 5.05. The number of nitrogens with one attached hydrogen (secondary N) is 1. The van der Waals surface area contributed by atoms with Gasteiger partial charge < -0.3 is 5.32 Å². The lowest BCUT2D eigenvalue weighted by Crippen LogP contribution is -2.34. The molecule has 0 spiro atoms. The molecule has 146 valence electrons. The summed E-state index contributed by atoms with van der Waals surface area (Å²) in [6.45, 7) is -0.0732. The van der Waals surface area contributed by atoms with E-state index in [0.717, 1.165) is 29.9 Å². The topological polar surface area (TPSA) is 66.5 Å². The van der Waals surface area contributed by atoms with Crippen LogP contribution in [0.15, 0.2) is 18.2 Å². The monoisotopic (exact) mass is 402 g/mol. The number of hydrogen-bond acceptors (Lipinski definition) is 3. The Morgan fingerprint density at radius 2 is 1.74 bits per heavy atom. The molecule has 1 aliphatic heterocycles. The van der Waals surface area contributed by atoms with Gasteiger partial charge in [0.2, 0.25) is 17.7 Å². The van der Waals surface area contributed by atoms with Gasteiger partial charge in [-0.1, -0.05) is 24.4 Å². The summed E-state index contributed by atoms with van der Waals surface area (Å²) in [5, 5.41) is 1.89. The van der Waals surface area contributed by atoms with Crippen molar-refractivity contribution in [2.45, 2.75) is 38.3 Å². The number of nitrogens with zero attached hydrogens (tertiary/aromatic N) is 1. The average Bonchev–Trinajstić information content (AvgIpc) is 2.85. The molecule has 0 unspecified atom stereocenters. The van der Waals surface area contributed by atoms with Gasteiger partial charge in [0.05, 0.1) is 22.4 Å². The summed E-state index contributed by atoms with van der Waals surface area (Å²) >= 11 is 5.54. The van der Waals surface area contributed by atoms with Crippen LogP contribution < -0.4 is 5.32 Å². The third kappa shape index (κ3) is 4.10. The van der Waals surface area contributed by atoms with E-state index in [9.17, 15) is 27.6 Å². The van der Waals surface area contributed by atoms with Gasteiger partial charge in [-0.25, -0.2) is 0 Å². The first-order chi connectivity index (χ1) is 12.7. The first-order valence-corrected chi connectivity index (χ1v) is 9.08. The minimum absolute atomic E-state index is 0.0514. The summed E-state index contributed by atoms with van der Waals surface area (Å²) in [7, 11) is 0. The lowest BCUT2D eigenvalue weighted by atomic mass is 9.81. The second kappa shape index (κ2) is 7.50. The second-order valence-electron chi connectivity index (χ2n) is 6.82. The van der Waals surface area contributed by atoms with Gasteiger partial charge in [-0.3, -0.25) is 19.3 Å². The number of amides is 3. The standard InChI is InChI=1S/C18H18ClF3N2O3/c19-14-6-5-10(9-13(14)18(20,21)22)23-15(25)7-8-24-16(26)11-3-1-2-4-12(11)17(24)27/h5-6,9,11-12H,1-4,7-8H2,(H,23,25)/t11-,12-/m1/s1. The van der Waals surface area contributed by atoms with Crippen molar-refractivity contribution < 1.29 is 27.6 Å². The Hall–Kier alpha value is -2.09. The van der Waals surface area contributed by atoms with Crippen molar-refractivity contribution in [1.29, 1.82) is 0 Å². The molecule has 3 rings (SSSR count). The minimum Gasteiger partial charge on any atom is -0.326 e. The molecule has 1 aromatic rings. The summed E-state index contributed by atoms with van der Waals surface area (Å²) in [5.41, 5.74) is -1.10. The molecule has 1 aromatic carbocycles. The molecule has 0 radical (unpaired) electrons. The van der Waals surface area contributed by atoms with E-state index in [1.54, 1.807) is 0 Å². The maximum Gasteiger partial charge on any atom is 0.417 e. The largest absolute Gasteiger partial charge is 0.417 e. The van der Waals surface area contributed by atoms with Crippen molar-refractivity contribution in [1.82, 2.24) is 4.90 Å². The zero-order chi connectivity index (χ0) is 19.8. The number of carbonyl (C=O) groups is 3. The van der Waals surface area contributed by atoms with Crippen LogP contribution in [0, 0.1) is 11.8 Å². The molecule has 1 heterocycles. The van der Waals surface area contributed by atoms with Crippen LogP contribution in [0.1, 0.15) is 37.7 Å². The zero-order valence-electron chi connectivity index (χ0n) is 14.3. The Balaban J connectivity index is 1.60. The average molecular weight is 403 g/mol. The Kier molecular flexibility index (Phi) is 5.46. The fourth-order valence-electron chi connectivity index (χ4n) is 3.71. The van der Waals surface area contributed by atoms with Crippen LogP contribution in [-0.2, 0) is 20.6 Å². The number of alkyl halides is 3. The summed E-state index contributed by atoms with van der Waals surface area (Å²) in [6.07, 6.45) is -1.63. The highest BCUT2D eigenvalue weighted by molar-refractivity contribution is 6.31. The first kappa shape index (κ1) is 19.7. The number of fused-ring (bicyclic) bond motifs is 1. The van der Waals surface area contributed by atoms with Crippen molar-refractivity contribution in [2.75, 3.05) is 11.9 Å². The van der Waals surface area contributed by atoms with Gasteiger partial charge >= 0.3 is 6.18 Å². The fourth-order valence-corrected chi connectivity index (χ4v) is 3.93. The van der Waals surface area contributed by atoms with Gasteiger partial charge in [-0.15, -0.1) is 0 Å². The van der Waals surface area contributed by atoms with Crippen molar-refractivity contribution in [3.05, 3.63) is 28.8 Å². The maximum atomic E-state index is 12.9. The molecule has 9 heteroatoms. The molecule has 2 aliphatic rings. The van der Waals surface area contributed by atoms with Gasteiger partial charge in [0, 0.05) is 18.7 Å². The molecule has 0 bridgehead atoms. The van der Waals surface area contributed by atoms with Gasteiger partial charge in [-0.05, 0) is 31.0 Å². The van der Waals surface area contributed by atoms with E-state index in [2.05, 4.69) is 5.32 Å². The molecule has 0 aromatic heterocycles. The SMILES string of the molecule is O=C(CCN1C(=O)[C@@H]2CCCC[C@H]2C1=O)Nc1ccc(Cl)c(C(F)(F)F)c1. The molecule has 2 fully saturated rings. The second-order valence-corrected chi connectivity index (χ2v) is 7.22. The van der Waals surface area contributed by atoms with E-state index in [0.29, 0.717) is 12.8 Å². The highest BCUT2D eigenvalue weighted by Gasteiger charge is 2.47. The summed E-state index contributed by atoms with van der Waals surface area (Å²) in [4.78, 5) is 37.9. The Morgan fingerprint density at radius 3 is 2.30 bits per heavy atom. The van der Waals surface area contributed by atoms with Crippen molar-refractivity contribution >= 4 is 35.0 Å². The predicted molar refractivity (Wildman–Crippen MR) is 91.9 cm³/mol. The quantitative estimate of drug-likeness (QED) is 0.778. The Morgan fingerprint density at radius 1 is 1.15 bits per heavy atom. The smallest absolute Gasteiger partial charge is 0.326 e. The highest BCUT2D eigenvalue weighted by Crippen LogP contribution is 2.38. The minimum atomic E-state index is -4.64. The van der Waals surface area contributed by atoms with Crippen molar-refractivity contribution in [3.63, 3.8) is 0 Å². The number of rotatable bonds is 4. The highest BCUT2D eigenvalue weighted by atomic mass is 35.5. The van der Waals surface area contributed by atoms with Gasteiger partial charge in [0.25, 0.3) is 0 Å². The Bertz CT molecular complexity index is 758. The molecule has 1 N–H and O–H groups in total. The van der Waals surface area contributed by atoms with E-state index in [1.807, 2.05) is 0 Å². The molecular weight excluding hydrogens is 385 g/mol. The predicted octanol–water partition coefficient (Wildman–Crippen LogP) is 3.86. The van der Waals surface area contributed by atoms with E-state index >= 15 is 0 Å². The zero-order valence-corrected chi connectivity index (χ0v) is 15.1. The summed E-state index contributed by atoms with van der Waals surface area (Å²) < 4.78 is 38.6. The van der Waals surface area contributed by atoms with E-state index in [4.69, 9.17) is 11.6 Å². The lowest BCUT2D eigenvalue weighted by molar-refractivity contribution is -0.140. The summed E-state index contributed by atoms with van der Waals surface area (Å²) in [5.74, 6) is -1.66. The number of hydrogen-bond donors (Lipinski definition) is 1. The van der Waals surface area contributed by atoms with Crippen LogP contribution in [-0.4, -0.2) is 29.2 Å². The first-order valence-electron chi connectivity index (χ1n) is 8.70. The molecular formula is C18H18ClF3N2O3. The van der Waals surface area contributed by atoms with Crippen LogP contribution in [0.2, 0.25) is 5.02 Å². The molecule has 1 aliphatic carbocycles. The van der Waals surface area contributed by atoms with Crippen LogP contribution in [0.25, 0.3) is 0 Å². The normalized spacial score (nSPS) is 22.7. The number of benzene rings is 1. The maximum absolute atomic E-state index is 12.9. The molecule has 2 atom stereocenters. The van der Waals surface area contributed by atoms with Crippen LogP contribution in [0.5, 0.6) is 0 Å². The molecule has 1 saturated carbocycles. The number of carbonyl (C=O) groups excluding carboxylic acids is 3. The number of anilines is 1. The Labute approximate surface area is 158 Å². The van der Waals surface area contributed by atoms with Gasteiger partial charge in [0.15, 0.2) is 0 Å². The van der Waals surface area contributed by atoms with Crippen molar-refractivity contribution in [3.8, 4) is 0 Å². The molecule has 1 saturated heterocycles. The van der Waals surface area contributed by atoms with Crippen LogP contribution in [0.3, 0.4) is 0 Å².